The Balaban J connectivity index is 2.05. The first-order chi connectivity index (χ1) is 15.8. The van der Waals surface area contributed by atoms with Crippen LogP contribution in [-0.4, -0.2) is 9.55 Å². The minimum atomic E-state index is -0.343. The number of aromatic nitrogens is 2. The molecule has 0 aliphatic heterocycles. The molecule has 4 rings (SSSR count). The van der Waals surface area contributed by atoms with E-state index in [1.165, 1.54) is 6.07 Å². The van der Waals surface area contributed by atoms with E-state index < -0.39 is 0 Å². The number of aryl methyl sites for hydroxylation is 1. The topological polar surface area (TPSA) is 41.6 Å². The molecule has 1 aromatic heterocycles. The van der Waals surface area contributed by atoms with E-state index >= 15 is 4.39 Å². The lowest BCUT2D eigenvalue weighted by molar-refractivity contribution is 0.628. The highest BCUT2D eigenvalue weighted by Crippen LogP contribution is 2.38. The number of hydrogen-bond acceptors (Lipinski definition) is 2. The second-order valence-corrected chi connectivity index (χ2v) is 9.09. The Hall–Kier alpha value is -3.71. The lowest BCUT2D eigenvalue weighted by atomic mass is 9.88. The van der Waals surface area contributed by atoms with Crippen LogP contribution in [0.4, 0.5) is 4.39 Å². The van der Waals surface area contributed by atoms with Gasteiger partial charge in [0.05, 0.1) is 11.3 Å². The van der Waals surface area contributed by atoms with Gasteiger partial charge >= 0.3 is 0 Å². The van der Waals surface area contributed by atoms with E-state index in [2.05, 4.69) is 63.0 Å². The molecule has 0 atom stereocenters. The van der Waals surface area contributed by atoms with E-state index in [0.29, 0.717) is 11.4 Å². The first kappa shape index (κ1) is 22.5. The summed E-state index contributed by atoms with van der Waals surface area (Å²) in [6.07, 6.45) is 1.73. The number of rotatable bonds is 5. The van der Waals surface area contributed by atoms with Crippen LogP contribution in [0, 0.1) is 24.1 Å². The molecule has 0 N–H and O–H groups in total. The maximum absolute atomic E-state index is 15.0. The summed E-state index contributed by atoms with van der Waals surface area (Å²) in [5.74, 6) is 0.527. The summed E-state index contributed by atoms with van der Waals surface area (Å²) in [5, 5.41) is 9.61. The number of nitrogens with zero attached hydrogens (tertiary/aromatic N) is 3. The Morgan fingerprint density at radius 2 is 1.52 bits per heavy atom. The van der Waals surface area contributed by atoms with Crippen molar-refractivity contribution in [3.63, 3.8) is 0 Å². The van der Waals surface area contributed by atoms with Crippen LogP contribution in [0.2, 0.25) is 0 Å². The molecule has 4 heteroatoms. The van der Waals surface area contributed by atoms with Gasteiger partial charge in [-0.15, -0.1) is 0 Å². The molecular formula is C29H28FN3. The molecule has 0 spiro atoms. The average Bonchev–Trinajstić information content (AvgIpc) is 3.22. The van der Waals surface area contributed by atoms with Crippen LogP contribution < -0.4 is 0 Å². The van der Waals surface area contributed by atoms with Gasteiger partial charge < -0.3 is 0 Å². The van der Waals surface area contributed by atoms with Gasteiger partial charge in [0.1, 0.15) is 17.7 Å². The summed E-state index contributed by atoms with van der Waals surface area (Å²) in [5.41, 5.74) is 7.04. The molecule has 0 unspecified atom stereocenters. The maximum atomic E-state index is 15.0. The van der Waals surface area contributed by atoms with E-state index in [-0.39, 0.29) is 23.3 Å². The zero-order valence-electron chi connectivity index (χ0n) is 19.7. The number of benzene rings is 3. The minimum Gasteiger partial charge on any atom is -0.298 e. The second kappa shape index (κ2) is 9.03. The van der Waals surface area contributed by atoms with E-state index in [4.69, 9.17) is 0 Å². The third-order valence-corrected chi connectivity index (χ3v) is 5.95. The van der Waals surface area contributed by atoms with Crippen molar-refractivity contribution in [1.29, 1.82) is 5.26 Å². The summed E-state index contributed by atoms with van der Waals surface area (Å²) in [7, 11) is 0. The summed E-state index contributed by atoms with van der Waals surface area (Å²) in [6, 6.07) is 22.0. The van der Waals surface area contributed by atoms with Gasteiger partial charge in [-0.05, 0) is 70.8 Å². The van der Waals surface area contributed by atoms with Crippen molar-refractivity contribution in [2.45, 2.75) is 46.5 Å². The van der Waals surface area contributed by atoms with Crippen molar-refractivity contribution in [2.24, 2.45) is 0 Å². The number of halogens is 1. The molecule has 166 valence electrons. The first-order valence-corrected chi connectivity index (χ1v) is 11.3. The van der Waals surface area contributed by atoms with Crippen LogP contribution in [0.3, 0.4) is 0 Å². The van der Waals surface area contributed by atoms with Gasteiger partial charge in [-0.25, -0.2) is 9.37 Å². The molecule has 4 aromatic rings. The number of nitriles is 1. The molecule has 3 aromatic carbocycles. The summed E-state index contributed by atoms with van der Waals surface area (Å²) in [4.78, 5) is 4.51. The van der Waals surface area contributed by atoms with Gasteiger partial charge in [-0.3, -0.25) is 4.57 Å². The minimum absolute atomic E-state index is 0.213. The van der Waals surface area contributed by atoms with Gasteiger partial charge in [0.25, 0.3) is 0 Å². The summed E-state index contributed by atoms with van der Waals surface area (Å²) in [6.45, 7) is 10.5. The molecule has 0 aliphatic rings. The Labute approximate surface area is 195 Å². The van der Waals surface area contributed by atoms with Gasteiger partial charge in [-0.1, -0.05) is 64.1 Å². The molecule has 0 bridgehead atoms. The smallest absolute Gasteiger partial charge is 0.159 e. The molecular weight excluding hydrogens is 409 g/mol. The Kier molecular flexibility index (Phi) is 6.16. The van der Waals surface area contributed by atoms with Crippen LogP contribution in [0.1, 0.15) is 61.9 Å². The van der Waals surface area contributed by atoms with Crippen molar-refractivity contribution >= 4 is 0 Å². The van der Waals surface area contributed by atoms with E-state index in [0.717, 1.165) is 33.5 Å². The highest BCUT2D eigenvalue weighted by molar-refractivity contribution is 5.72. The Morgan fingerprint density at radius 1 is 0.879 bits per heavy atom. The van der Waals surface area contributed by atoms with Crippen LogP contribution >= 0.6 is 0 Å². The van der Waals surface area contributed by atoms with Crippen molar-refractivity contribution in [3.05, 3.63) is 95.1 Å². The monoisotopic (exact) mass is 437 g/mol. The van der Waals surface area contributed by atoms with Crippen LogP contribution in [-0.2, 0) is 0 Å². The molecule has 3 nitrogen and oxygen atoms in total. The fourth-order valence-corrected chi connectivity index (χ4v) is 4.23. The van der Waals surface area contributed by atoms with Crippen molar-refractivity contribution in [1.82, 2.24) is 9.55 Å². The molecule has 0 saturated carbocycles. The largest absolute Gasteiger partial charge is 0.298 e. The first-order valence-electron chi connectivity index (χ1n) is 11.3. The normalized spacial score (nSPS) is 11.2. The number of hydrogen-bond donors (Lipinski definition) is 0. The number of imidazole rings is 1. The maximum Gasteiger partial charge on any atom is 0.159 e. The quantitative estimate of drug-likeness (QED) is 0.320. The predicted octanol–water partition coefficient (Wildman–Crippen LogP) is 7.77. The van der Waals surface area contributed by atoms with Gasteiger partial charge in [-0.2, -0.15) is 5.26 Å². The van der Waals surface area contributed by atoms with Crippen molar-refractivity contribution < 1.29 is 4.39 Å². The van der Waals surface area contributed by atoms with Crippen molar-refractivity contribution in [2.75, 3.05) is 0 Å². The van der Waals surface area contributed by atoms with Crippen LogP contribution in [0.5, 0.6) is 0 Å². The molecule has 1 heterocycles. The third kappa shape index (κ3) is 4.32. The second-order valence-electron chi connectivity index (χ2n) is 9.09. The van der Waals surface area contributed by atoms with Crippen LogP contribution in [0.25, 0.3) is 28.2 Å². The molecule has 0 fully saturated rings. The Bertz CT molecular complexity index is 1310. The van der Waals surface area contributed by atoms with E-state index in [9.17, 15) is 5.26 Å². The zero-order valence-corrected chi connectivity index (χ0v) is 19.7. The fraction of sp³-hybridized carbons (Fsp3) is 0.241. The fourth-order valence-electron chi connectivity index (χ4n) is 4.23. The summed E-state index contributed by atoms with van der Waals surface area (Å²) >= 11 is 0. The van der Waals surface area contributed by atoms with E-state index in [1.54, 1.807) is 12.3 Å². The molecule has 0 aliphatic carbocycles. The lowest BCUT2D eigenvalue weighted by Crippen LogP contribution is -2.09. The third-order valence-electron chi connectivity index (χ3n) is 5.95. The standard InChI is InChI=1S/C29H28FN3/c1-18(2)25-14-22(21-9-7-6-8-10-21)15-26(19(3)4)28(25)33-17-23(16-31)32-29(33)24-12-11-20(5)13-27(24)30/h6-15,17-19H,1-5H3. The SMILES string of the molecule is Cc1ccc(-c2nc(C#N)cn2-c2c(C(C)C)cc(-c3ccccc3)cc2C(C)C)c(F)c1. The van der Waals surface area contributed by atoms with Gasteiger partial charge in [0.2, 0.25) is 0 Å². The molecule has 33 heavy (non-hydrogen) atoms. The highest BCUT2D eigenvalue weighted by atomic mass is 19.1. The lowest BCUT2D eigenvalue weighted by Gasteiger charge is -2.23. The highest BCUT2D eigenvalue weighted by Gasteiger charge is 2.23. The Morgan fingerprint density at radius 3 is 2.06 bits per heavy atom. The predicted molar refractivity (Wildman–Crippen MR) is 132 cm³/mol. The zero-order chi connectivity index (χ0) is 23.7. The summed E-state index contributed by atoms with van der Waals surface area (Å²) < 4.78 is 16.9. The average molecular weight is 438 g/mol. The van der Waals surface area contributed by atoms with Gasteiger partial charge in [0, 0.05) is 6.20 Å². The van der Waals surface area contributed by atoms with E-state index in [1.807, 2.05) is 35.8 Å². The molecule has 0 amide bonds. The van der Waals surface area contributed by atoms with Crippen LogP contribution in [0.15, 0.2) is 66.9 Å². The molecule has 0 saturated heterocycles. The van der Waals surface area contributed by atoms with Crippen molar-refractivity contribution in [3.8, 4) is 34.3 Å². The van der Waals surface area contributed by atoms with Gasteiger partial charge in [0.15, 0.2) is 5.69 Å². The molecule has 0 radical (unpaired) electrons.